The first kappa shape index (κ1) is 25.6. The Morgan fingerprint density at radius 2 is 1.63 bits per heavy atom. The van der Waals surface area contributed by atoms with Crippen molar-refractivity contribution in [3.05, 3.63) is 100.0 Å². The van der Waals surface area contributed by atoms with Gasteiger partial charge in [0.1, 0.15) is 11.6 Å². The van der Waals surface area contributed by atoms with Crippen molar-refractivity contribution in [2.75, 3.05) is 12.3 Å². The van der Waals surface area contributed by atoms with Crippen LogP contribution in [0.25, 0.3) is 0 Å². The van der Waals surface area contributed by atoms with E-state index in [4.69, 9.17) is 10.5 Å². The number of hydrogen-bond acceptors (Lipinski definition) is 8. The van der Waals surface area contributed by atoms with E-state index in [0.29, 0.717) is 33.1 Å². The van der Waals surface area contributed by atoms with Crippen LogP contribution in [0.1, 0.15) is 45.4 Å². The number of thioether (sulfide) groups is 1. The van der Waals surface area contributed by atoms with E-state index in [1.807, 2.05) is 12.1 Å². The third kappa shape index (κ3) is 7.79. The molecule has 2 aromatic carbocycles. The van der Waals surface area contributed by atoms with Gasteiger partial charge in [-0.2, -0.15) is 0 Å². The normalized spacial score (nSPS) is 11.4. The maximum Gasteiger partial charge on any atom is 0.338 e. The molecule has 9 heteroatoms. The summed E-state index contributed by atoms with van der Waals surface area (Å²) in [5.41, 5.74) is 7.86. The fraction of sp³-hybridized carbons (Fsp3) is 0.192. The van der Waals surface area contributed by atoms with Crippen LogP contribution in [-0.4, -0.2) is 33.6 Å². The van der Waals surface area contributed by atoms with E-state index >= 15 is 0 Å². The third-order valence-corrected chi connectivity index (χ3v) is 6.09. The maximum atomic E-state index is 12.8. The summed E-state index contributed by atoms with van der Waals surface area (Å²) < 4.78 is 5.38. The number of hydrogen-bond donors (Lipinski definition) is 2. The Morgan fingerprint density at radius 3 is 2.26 bits per heavy atom. The zero-order valence-electron chi connectivity index (χ0n) is 19.5. The van der Waals surface area contributed by atoms with Crippen molar-refractivity contribution in [1.82, 2.24) is 15.3 Å². The SMILES string of the molecule is C/C(NC(=O)Cc1cnc(C)nc1N)=C(\CCOC(=O)c1ccccc1)SC(=O)c1ccccc1. The number of nitrogens with zero attached hydrogens (tertiary/aromatic N) is 2. The number of rotatable bonds is 9. The molecule has 0 aliphatic rings. The molecule has 0 saturated carbocycles. The van der Waals surface area contributed by atoms with Gasteiger partial charge in [0, 0.05) is 34.3 Å². The summed E-state index contributed by atoms with van der Waals surface area (Å²) in [4.78, 5) is 46.5. The predicted molar refractivity (Wildman–Crippen MR) is 135 cm³/mol. The van der Waals surface area contributed by atoms with Crippen LogP contribution in [0.2, 0.25) is 0 Å². The highest BCUT2D eigenvalue weighted by atomic mass is 32.2. The number of carbonyl (C=O) groups is 3. The second-order valence-electron chi connectivity index (χ2n) is 7.61. The smallest absolute Gasteiger partial charge is 0.338 e. The van der Waals surface area contributed by atoms with Gasteiger partial charge in [-0.05, 0) is 37.7 Å². The molecule has 0 aliphatic carbocycles. The fourth-order valence-corrected chi connectivity index (χ4v) is 3.97. The van der Waals surface area contributed by atoms with Crippen LogP contribution in [-0.2, 0) is 16.0 Å². The van der Waals surface area contributed by atoms with Crippen molar-refractivity contribution in [3.8, 4) is 0 Å². The van der Waals surface area contributed by atoms with Gasteiger partial charge in [0.15, 0.2) is 0 Å². The molecule has 0 aliphatic heterocycles. The number of benzene rings is 2. The molecule has 3 N–H and O–H groups in total. The zero-order chi connectivity index (χ0) is 25.2. The molecule has 3 rings (SSSR count). The number of ether oxygens (including phenoxy) is 1. The predicted octanol–water partition coefficient (Wildman–Crippen LogP) is 4.08. The highest BCUT2D eigenvalue weighted by molar-refractivity contribution is 8.17. The van der Waals surface area contributed by atoms with Crippen molar-refractivity contribution < 1.29 is 19.1 Å². The van der Waals surface area contributed by atoms with E-state index in [1.165, 1.54) is 6.20 Å². The molecule has 3 aromatic rings. The first-order valence-corrected chi connectivity index (χ1v) is 11.7. The molecule has 0 atom stereocenters. The Kier molecular flexibility index (Phi) is 9.14. The van der Waals surface area contributed by atoms with E-state index in [9.17, 15) is 14.4 Å². The number of allylic oxidation sites excluding steroid dienone is 1. The molecule has 0 radical (unpaired) electrons. The molecule has 8 nitrogen and oxygen atoms in total. The lowest BCUT2D eigenvalue weighted by atomic mass is 10.2. The molecule has 180 valence electrons. The minimum Gasteiger partial charge on any atom is -0.462 e. The van der Waals surface area contributed by atoms with E-state index in [-0.39, 0.29) is 36.3 Å². The van der Waals surface area contributed by atoms with E-state index in [1.54, 1.807) is 62.4 Å². The number of nitrogens with one attached hydrogen (secondary N) is 1. The summed E-state index contributed by atoms with van der Waals surface area (Å²) in [6.07, 6.45) is 1.76. The maximum absolute atomic E-state index is 12.8. The second-order valence-corrected chi connectivity index (χ2v) is 8.68. The molecule has 0 spiro atoms. The minimum atomic E-state index is -0.458. The monoisotopic (exact) mass is 490 g/mol. The van der Waals surface area contributed by atoms with Gasteiger partial charge in [0.2, 0.25) is 11.0 Å². The summed E-state index contributed by atoms with van der Waals surface area (Å²) in [6.45, 7) is 3.46. The molecule has 1 aromatic heterocycles. The van der Waals surface area contributed by atoms with E-state index < -0.39 is 5.97 Å². The van der Waals surface area contributed by atoms with Gasteiger partial charge in [-0.15, -0.1) is 0 Å². The quantitative estimate of drug-likeness (QED) is 0.430. The minimum absolute atomic E-state index is 0.0168. The first-order chi connectivity index (χ1) is 16.8. The number of anilines is 1. The van der Waals surface area contributed by atoms with E-state index in [2.05, 4.69) is 15.3 Å². The van der Waals surface area contributed by atoms with Crippen LogP contribution in [0.15, 0.2) is 77.5 Å². The van der Waals surface area contributed by atoms with Crippen LogP contribution < -0.4 is 11.1 Å². The number of nitrogens with two attached hydrogens (primary N) is 1. The Balaban J connectivity index is 1.71. The lowest BCUT2D eigenvalue weighted by Gasteiger charge is -2.14. The molecule has 0 fully saturated rings. The van der Waals surface area contributed by atoms with Crippen LogP contribution in [0, 0.1) is 6.92 Å². The second kappa shape index (κ2) is 12.5. The van der Waals surface area contributed by atoms with Crippen LogP contribution in [0.4, 0.5) is 5.82 Å². The van der Waals surface area contributed by atoms with Gasteiger partial charge >= 0.3 is 5.97 Å². The highest BCUT2D eigenvalue weighted by Crippen LogP contribution is 2.27. The summed E-state index contributed by atoms with van der Waals surface area (Å²) in [5, 5.41) is 2.63. The molecular formula is C26H26N4O4S. The number of carbonyl (C=O) groups excluding carboxylic acids is 3. The topological polar surface area (TPSA) is 124 Å². The third-order valence-electron chi connectivity index (χ3n) is 4.91. The van der Waals surface area contributed by atoms with Crippen molar-refractivity contribution in [1.29, 1.82) is 0 Å². The molecular weight excluding hydrogens is 464 g/mol. The number of amides is 1. The van der Waals surface area contributed by atoms with Gasteiger partial charge in [-0.3, -0.25) is 9.59 Å². The summed E-state index contributed by atoms with van der Waals surface area (Å²) in [7, 11) is 0. The molecule has 0 saturated heterocycles. The molecule has 1 amide bonds. The Bertz CT molecular complexity index is 1230. The van der Waals surface area contributed by atoms with Crippen molar-refractivity contribution in [2.24, 2.45) is 0 Å². The van der Waals surface area contributed by atoms with Crippen molar-refractivity contribution in [3.63, 3.8) is 0 Å². The average molecular weight is 491 g/mol. The average Bonchev–Trinajstić information content (AvgIpc) is 2.86. The molecule has 0 unspecified atom stereocenters. The molecule has 0 bridgehead atoms. The molecule has 1 heterocycles. The lowest BCUT2D eigenvalue weighted by molar-refractivity contribution is -0.119. The Morgan fingerprint density at radius 1 is 1.00 bits per heavy atom. The first-order valence-electron chi connectivity index (χ1n) is 10.9. The van der Waals surface area contributed by atoms with Gasteiger partial charge in [0.25, 0.3) is 0 Å². The number of nitrogen functional groups attached to an aromatic ring is 1. The van der Waals surface area contributed by atoms with Gasteiger partial charge in [0.05, 0.1) is 18.6 Å². The number of aromatic nitrogens is 2. The van der Waals surface area contributed by atoms with Gasteiger partial charge in [-0.25, -0.2) is 14.8 Å². The fourth-order valence-electron chi connectivity index (χ4n) is 3.10. The largest absolute Gasteiger partial charge is 0.462 e. The van der Waals surface area contributed by atoms with Gasteiger partial charge < -0.3 is 15.8 Å². The Labute approximate surface area is 208 Å². The standard InChI is InChI=1S/C26H26N4O4S/c1-17(29-23(31)15-21-16-28-18(2)30-24(21)27)22(35-26(33)20-11-7-4-8-12-20)13-14-34-25(32)19-9-5-3-6-10-19/h3-12,16H,13-15H2,1-2H3,(H,29,31)(H2,27,28,30)/b22-17-. The van der Waals surface area contributed by atoms with Crippen LogP contribution in [0.5, 0.6) is 0 Å². The van der Waals surface area contributed by atoms with Crippen LogP contribution >= 0.6 is 11.8 Å². The van der Waals surface area contributed by atoms with Crippen LogP contribution in [0.3, 0.4) is 0 Å². The number of esters is 1. The highest BCUT2D eigenvalue weighted by Gasteiger charge is 2.16. The zero-order valence-corrected chi connectivity index (χ0v) is 20.3. The molecule has 35 heavy (non-hydrogen) atoms. The van der Waals surface area contributed by atoms with Crippen molar-refractivity contribution >= 4 is 34.6 Å². The summed E-state index contributed by atoms with van der Waals surface area (Å²) in [6, 6.07) is 17.5. The number of aryl methyl sites for hydroxylation is 1. The van der Waals surface area contributed by atoms with E-state index in [0.717, 1.165) is 11.8 Å². The lowest BCUT2D eigenvalue weighted by Crippen LogP contribution is -2.25. The Hall–Kier alpha value is -3.98. The van der Waals surface area contributed by atoms with Crippen molar-refractivity contribution in [2.45, 2.75) is 26.7 Å². The summed E-state index contributed by atoms with van der Waals surface area (Å²) >= 11 is 0.992. The summed E-state index contributed by atoms with van der Waals surface area (Å²) in [5.74, 6) is -0.0177. The van der Waals surface area contributed by atoms with Gasteiger partial charge in [-0.1, -0.05) is 48.5 Å².